The van der Waals surface area contributed by atoms with Gasteiger partial charge in [-0.1, -0.05) is 12.1 Å². The van der Waals surface area contributed by atoms with E-state index in [0.29, 0.717) is 18.9 Å². The number of rotatable bonds is 5. The van der Waals surface area contributed by atoms with E-state index in [-0.39, 0.29) is 35.2 Å². The Kier molecular flexibility index (Phi) is 6.08. The number of benzene rings is 2. The van der Waals surface area contributed by atoms with Crippen LogP contribution in [0.3, 0.4) is 0 Å². The molecule has 0 aromatic heterocycles. The summed E-state index contributed by atoms with van der Waals surface area (Å²) in [5, 5.41) is 2.60. The Morgan fingerprint density at radius 1 is 1.07 bits per heavy atom. The second kappa shape index (κ2) is 8.51. The molecule has 1 heterocycles. The maximum absolute atomic E-state index is 12.7. The molecule has 28 heavy (non-hydrogen) atoms. The van der Waals surface area contributed by atoms with Gasteiger partial charge < -0.3 is 14.8 Å². The number of carbonyl (C=O) groups is 2. The van der Waals surface area contributed by atoms with Gasteiger partial charge in [0, 0.05) is 31.8 Å². The molecule has 9 heteroatoms. The SMILES string of the molecule is CC(=O)Nc1cccc(OC(=O)c2cccc(S(=O)(=O)N3CCOCC3)c2)c1. The molecular weight excluding hydrogens is 384 g/mol. The summed E-state index contributed by atoms with van der Waals surface area (Å²) in [6, 6.07) is 12.1. The molecule has 1 fully saturated rings. The van der Waals surface area contributed by atoms with Crippen LogP contribution in [0.4, 0.5) is 5.69 Å². The lowest BCUT2D eigenvalue weighted by atomic mass is 10.2. The molecule has 0 atom stereocenters. The third-order valence-electron chi connectivity index (χ3n) is 4.04. The van der Waals surface area contributed by atoms with E-state index < -0.39 is 16.0 Å². The van der Waals surface area contributed by atoms with Crippen LogP contribution in [-0.4, -0.2) is 50.9 Å². The number of amides is 1. The topological polar surface area (TPSA) is 102 Å². The number of morpholine rings is 1. The fourth-order valence-electron chi connectivity index (χ4n) is 2.73. The highest BCUT2D eigenvalue weighted by Gasteiger charge is 2.27. The number of nitrogens with zero attached hydrogens (tertiary/aromatic N) is 1. The zero-order valence-corrected chi connectivity index (χ0v) is 16.1. The molecule has 1 saturated heterocycles. The summed E-state index contributed by atoms with van der Waals surface area (Å²) in [5.41, 5.74) is 0.598. The minimum absolute atomic E-state index is 0.0239. The van der Waals surface area contributed by atoms with Crippen LogP contribution in [0.25, 0.3) is 0 Å². The number of esters is 1. The molecule has 1 aliphatic heterocycles. The van der Waals surface area contributed by atoms with Crippen LogP contribution >= 0.6 is 0 Å². The summed E-state index contributed by atoms with van der Waals surface area (Å²) in [5.74, 6) is -0.707. The van der Waals surface area contributed by atoms with E-state index in [1.165, 1.54) is 41.6 Å². The Balaban J connectivity index is 1.78. The number of nitrogens with one attached hydrogen (secondary N) is 1. The van der Waals surface area contributed by atoms with Crippen LogP contribution in [0.15, 0.2) is 53.4 Å². The van der Waals surface area contributed by atoms with Crippen molar-refractivity contribution in [2.45, 2.75) is 11.8 Å². The second-order valence-corrected chi connectivity index (χ2v) is 8.08. The van der Waals surface area contributed by atoms with Crippen LogP contribution in [0.5, 0.6) is 5.75 Å². The molecule has 8 nitrogen and oxygen atoms in total. The first-order valence-electron chi connectivity index (χ1n) is 8.64. The normalized spacial score (nSPS) is 15.0. The Hall–Kier alpha value is -2.75. The third kappa shape index (κ3) is 4.75. The van der Waals surface area contributed by atoms with E-state index in [1.807, 2.05) is 0 Å². The van der Waals surface area contributed by atoms with Gasteiger partial charge in [0.05, 0.1) is 23.7 Å². The highest BCUT2D eigenvalue weighted by Crippen LogP contribution is 2.21. The fraction of sp³-hybridized carbons (Fsp3) is 0.263. The second-order valence-electron chi connectivity index (χ2n) is 6.14. The Morgan fingerprint density at radius 2 is 1.79 bits per heavy atom. The van der Waals surface area contributed by atoms with E-state index >= 15 is 0 Å². The average molecular weight is 404 g/mol. The van der Waals surface area contributed by atoms with Crippen molar-refractivity contribution in [1.29, 1.82) is 0 Å². The summed E-state index contributed by atoms with van der Waals surface area (Å²) in [4.78, 5) is 23.6. The molecule has 1 aliphatic rings. The smallest absolute Gasteiger partial charge is 0.343 e. The number of hydrogen-bond donors (Lipinski definition) is 1. The maximum Gasteiger partial charge on any atom is 0.343 e. The molecule has 148 valence electrons. The van der Waals surface area contributed by atoms with E-state index in [9.17, 15) is 18.0 Å². The lowest BCUT2D eigenvalue weighted by Crippen LogP contribution is -2.40. The zero-order valence-electron chi connectivity index (χ0n) is 15.3. The van der Waals surface area contributed by atoms with Crippen molar-refractivity contribution >= 4 is 27.6 Å². The lowest BCUT2D eigenvalue weighted by molar-refractivity contribution is -0.114. The van der Waals surface area contributed by atoms with Gasteiger partial charge in [-0.3, -0.25) is 4.79 Å². The monoisotopic (exact) mass is 404 g/mol. The lowest BCUT2D eigenvalue weighted by Gasteiger charge is -2.26. The van der Waals surface area contributed by atoms with Crippen molar-refractivity contribution in [3.63, 3.8) is 0 Å². The number of carbonyl (C=O) groups excluding carboxylic acids is 2. The largest absolute Gasteiger partial charge is 0.423 e. The third-order valence-corrected chi connectivity index (χ3v) is 5.94. The number of sulfonamides is 1. The van der Waals surface area contributed by atoms with Gasteiger partial charge in [0.1, 0.15) is 5.75 Å². The van der Waals surface area contributed by atoms with Gasteiger partial charge in [0.25, 0.3) is 0 Å². The van der Waals surface area contributed by atoms with Crippen LogP contribution in [0, 0.1) is 0 Å². The van der Waals surface area contributed by atoms with Crippen molar-refractivity contribution in [3.8, 4) is 5.75 Å². The van der Waals surface area contributed by atoms with Crippen molar-refractivity contribution in [2.75, 3.05) is 31.6 Å². The van der Waals surface area contributed by atoms with Gasteiger partial charge in [-0.2, -0.15) is 4.31 Å². The van der Waals surface area contributed by atoms with Crippen LogP contribution in [0.2, 0.25) is 0 Å². The highest BCUT2D eigenvalue weighted by molar-refractivity contribution is 7.89. The van der Waals surface area contributed by atoms with E-state index in [0.717, 1.165) is 0 Å². The van der Waals surface area contributed by atoms with Crippen molar-refractivity contribution in [3.05, 3.63) is 54.1 Å². The standard InChI is InChI=1S/C19H20N2O6S/c1-14(22)20-16-5-3-6-17(13-16)27-19(23)15-4-2-7-18(12-15)28(24,25)21-8-10-26-11-9-21/h2-7,12-13H,8-11H2,1H3,(H,20,22). The van der Waals surface area contributed by atoms with E-state index in [2.05, 4.69) is 5.32 Å². The number of anilines is 1. The molecule has 3 rings (SSSR count). The number of hydrogen-bond acceptors (Lipinski definition) is 6. The molecule has 0 unspecified atom stereocenters. The van der Waals surface area contributed by atoms with E-state index in [4.69, 9.17) is 9.47 Å². The average Bonchev–Trinajstić information content (AvgIpc) is 2.68. The first kappa shape index (κ1) is 20.0. The first-order chi connectivity index (χ1) is 13.4. The summed E-state index contributed by atoms with van der Waals surface area (Å²) in [6.07, 6.45) is 0. The minimum atomic E-state index is -3.71. The van der Waals surface area contributed by atoms with Gasteiger partial charge in [0.15, 0.2) is 0 Å². The molecule has 0 aliphatic carbocycles. The molecule has 1 amide bonds. The van der Waals surface area contributed by atoms with Crippen molar-refractivity contribution in [1.82, 2.24) is 4.31 Å². The van der Waals surface area contributed by atoms with Gasteiger partial charge in [-0.15, -0.1) is 0 Å². The highest BCUT2D eigenvalue weighted by atomic mass is 32.2. The molecule has 2 aromatic carbocycles. The first-order valence-corrected chi connectivity index (χ1v) is 10.1. The summed E-state index contributed by atoms with van der Waals surface area (Å²) in [6.45, 7) is 2.59. The summed E-state index contributed by atoms with van der Waals surface area (Å²) < 4.78 is 37.3. The Labute approximate surface area is 163 Å². The quantitative estimate of drug-likeness (QED) is 0.603. The zero-order chi connectivity index (χ0) is 20.1. The van der Waals surface area contributed by atoms with E-state index in [1.54, 1.807) is 18.2 Å². The predicted molar refractivity (Wildman–Crippen MR) is 102 cm³/mol. The molecule has 2 aromatic rings. The van der Waals surface area contributed by atoms with Gasteiger partial charge >= 0.3 is 5.97 Å². The Bertz CT molecular complexity index is 983. The number of ether oxygens (including phenoxy) is 2. The summed E-state index contributed by atoms with van der Waals surface area (Å²) in [7, 11) is -3.71. The Morgan fingerprint density at radius 3 is 2.50 bits per heavy atom. The van der Waals surface area contributed by atoms with Crippen LogP contribution < -0.4 is 10.1 Å². The molecule has 0 spiro atoms. The maximum atomic E-state index is 12.7. The van der Waals surface area contributed by atoms with Gasteiger partial charge in [-0.25, -0.2) is 13.2 Å². The van der Waals surface area contributed by atoms with Crippen molar-refractivity contribution in [2.24, 2.45) is 0 Å². The van der Waals surface area contributed by atoms with Crippen LogP contribution in [-0.2, 0) is 19.6 Å². The molecular formula is C19H20N2O6S. The summed E-state index contributed by atoms with van der Waals surface area (Å²) >= 11 is 0. The van der Waals surface area contributed by atoms with Gasteiger partial charge in [-0.05, 0) is 30.3 Å². The van der Waals surface area contributed by atoms with Crippen molar-refractivity contribution < 1.29 is 27.5 Å². The molecule has 1 N–H and O–H groups in total. The minimum Gasteiger partial charge on any atom is -0.423 e. The fourth-order valence-corrected chi connectivity index (χ4v) is 4.18. The molecule has 0 radical (unpaired) electrons. The predicted octanol–water partition coefficient (Wildman–Crippen LogP) is 1.89. The molecule has 0 bridgehead atoms. The molecule has 0 saturated carbocycles. The van der Waals surface area contributed by atoms with Crippen LogP contribution in [0.1, 0.15) is 17.3 Å². The van der Waals surface area contributed by atoms with Gasteiger partial charge in [0.2, 0.25) is 15.9 Å².